The molecule has 222 valence electrons. The van der Waals surface area contributed by atoms with E-state index in [0.717, 1.165) is 5.56 Å². The first-order valence-corrected chi connectivity index (χ1v) is 15.8. The van der Waals surface area contributed by atoms with Gasteiger partial charge in [-0.3, -0.25) is 9.36 Å². The number of carbonyl (C=O) groups excluding carboxylic acids is 1. The molecule has 0 saturated carbocycles. The first kappa shape index (κ1) is 31.3. The molecule has 0 saturated heterocycles. The highest BCUT2D eigenvalue weighted by Gasteiger charge is 2.34. The maximum Gasteiger partial charge on any atom is 0.338 e. The number of ether oxygens (including phenoxy) is 3. The number of thiazole rings is 1. The van der Waals surface area contributed by atoms with Crippen LogP contribution in [0.4, 0.5) is 0 Å². The van der Waals surface area contributed by atoms with Crippen molar-refractivity contribution in [3.05, 3.63) is 122 Å². The highest BCUT2D eigenvalue weighted by molar-refractivity contribution is 9.10. The van der Waals surface area contributed by atoms with E-state index in [0.29, 0.717) is 57.2 Å². The van der Waals surface area contributed by atoms with Crippen LogP contribution in [0.2, 0.25) is 15.1 Å². The van der Waals surface area contributed by atoms with Crippen LogP contribution in [0.15, 0.2) is 80.1 Å². The summed E-state index contributed by atoms with van der Waals surface area (Å²) in [6.07, 6.45) is 1.74. The maximum absolute atomic E-state index is 13.9. The molecule has 2 heterocycles. The van der Waals surface area contributed by atoms with Crippen LogP contribution in [-0.2, 0) is 16.1 Å². The number of halogens is 4. The maximum atomic E-state index is 13.9. The van der Waals surface area contributed by atoms with Crippen LogP contribution in [-0.4, -0.2) is 24.3 Å². The smallest absolute Gasteiger partial charge is 0.338 e. The van der Waals surface area contributed by atoms with Gasteiger partial charge in [-0.15, -0.1) is 0 Å². The van der Waals surface area contributed by atoms with Gasteiger partial charge in [0, 0.05) is 20.6 Å². The predicted octanol–water partition coefficient (Wildman–Crippen LogP) is 7.11. The molecule has 3 aromatic carbocycles. The van der Waals surface area contributed by atoms with Gasteiger partial charge in [0.15, 0.2) is 16.3 Å². The van der Waals surface area contributed by atoms with Crippen molar-refractivity contribution in [3.63, 3.8) is 0 Å². The number of methoxy groups -OCH3 is 1. The van der Waals surface area contributed by atoms with E-state index in [-0.39, 0.29) is 24.3 Å². The van der Waals surface area contributed by atoms with Crippen LogP contribution in [0.5, 0.6) is 11.5 Å². The minimum atomic E-state index is -0.803. The van der Waals surface area contributed by atoms with Crippen molar-refractivity contribution >= 4 is 74.1 Å². The zero-order valence-corrected chi connectivity index (χ0v) is 27.8. The third-order valence-corrected chi connectivity index (χ3v) is 9.16. The molecule has 12 heteroatoms. The van der Waals surface area contributed by atoms with Crippen molar-refractivity contribution < 1.29 is 19.0 Å². The number of rotatable bonds is 8. The molecule has 0 spiro atoms. The molecule has 7 nitrogen and oxygen atoms in total. The average Bonchev–Trinajstić information content (AvgIpc) is 3.26. The molecule has 1 atom stereocenters. The summed E-state index contributed by atoms with van der Waals surface area (Å²) in [6.45, 7) is 3.82. The van der Waals surface area contributed by atoms with Gasteiger partial charge < -0.3 is 14.2 Å². The van der Waals surface area contributed by atoms with Gasteiger partial charge in [0.2, 0.25) is 0 Å². The summed E-state index contributed by atoms with van der Waals surface area (Å²) in [5.74, 6) is 0.375. The SMILES string of the molecule is CCOC(=O)C1=C(C)N=c2s/c(=C/c3cc(Br)c(OCc4ccc(Cl)cc4Cl)c(OC)c3)c(=O)n2C1c1ccccc1Cl. The number of hydrogen-bond donors (Lipinski definition) is 0. The Balaban J connectivity index is 1.58. The second-order valence-electron chi connectivity index (χ2n) is 9.38. The van der Waals surface area contributed by atoms with Gasteiger partial charge >= 0.3 is 5.97 Å². The zero-order valence-electron chi connectivity index (χ0n) is 23.1. The van der Waals surface area contributed by atoms with E-state index in [4.69, 9.17) is 49.0 Å². The van der Waals surface area contributed by atoms with E-state index in [2.05, 4.69) is 20.9 Å². The van der Waals surface area contributed by atoms with E-state index in [9.17, 15) is 9.59 Å². The standard InChI is InChI=1S/C31H24BrCl3N2O5S/c1-4-41-30(39)26-16(2)36-31-37(27(26)20-7-5-6-8-22(20)34)29(38)25(43-31)13-17-11-21(32)28(24(12-17)40-3)42-15-18-9-10-19(33)14-23(18)35/h5-14,27H,4,15H2,1-3H3/b25-13+. The number of aromatic nitrogens is 1. The van der Waals surface area contributed by atoms with Gasteiger partial charge in [0.25, 0.3) is 5.56 Å². The fourth-order valence-electron chi connectivity index (χ4n) is 4.69. The molecule has 1 unspecified atom stereocenters. The third-order valence-electron chi connectivity index (χ3n) is 6.65. The molecular weight excluding hydrogens is 699 g/mol. The molecule has 0 fully saturated rings. The van der Waals surface area contributed by atoms with Crippen LogP contribution in [0.25, 0.3) is 6.08 Å². The summed E-state index contributed by atoms with van der Waals surface area (Å²) in [5.41, 5.74) is 2.44. The highest BCUT2D eigenvalue weighted by Crippen LogP contribution is 2.38. The first-order valence-electron chi connectivity index (χ1n) is 13.0. The van der Waals surface area contributed by atoms with Gasteiger partial charge in [-0.1, -0.05) is 70.4 Å². The lowest BCUT2D eigenvalue weighted by Crippen LogP contribution is -2.40. The number of esters is 1. The number of fused-ring (bicyclic) bond motifs is 1. The molecule has 0 aliphatic carbocycles. The van der Waals surface area contributed by atoms with Crippen LogP contribution in [0.1, 0.15) is 36.6 Å². The Morgan fingerprint density at radius 2 is 1.88 bits per heavy atom. The monoisotopic (exact) mass is 720 g/mol. The lowest BCUT2D eigenvalue weighted by Gasteiger charge is -2.25. The summed E-state index contributed by atoms with van der Waals surface area (Å²) < 4.78 is 19.5. The molecule has 0 amide bonds. The van der Waals surface area contributed by atoms with Gasteiger partial charge in [-0.2, -0.15) is 0 Å². The van der Waals surface area contributed by atoms with E-state index < -0.39 is 12.0 Å². The molecule has 1 aliphatic rings. The number of carbonyl (C=O) groups is 1. The summed E-state index contributed by atoms with van der Waals surface area (Å²) in [4.78, 5) is 32.1. The van der Waals surface area contributed by atoms with Crippen LogP contribution >= 0.6 is 62.1 Å². The quantitative estimate of drug-likeness (QED) is 0.181. The Labute approximate surface area is 274 Å². The van der Waals surface area contributed by atoms with Crippen LogP contribution in [0, 0.1) is 0 Å². The molecule has 0 N–H and O–H groups in total. The highest BCUT2D eigenvalue weighted by atomic mass is 79.9. The third kappa shape index (κ3) is 6.42. The molecule has 43 heavy (non-hydrogen) atoms. The second-order valence-corrected chi connectivity index (χ2v) is 12.5. The first-order chi connectivity index (χ1) is 20.6. The van der Waals surface area contributed by atoms with E-state index >= 15 is 0 Å². The van der Waals surface area contributed by atoms with Crippen molar-refractivity contribution in [2.45, 2.75) is 26.5 Å². The number of benzene rings is 3. The van der Waals surface area contributed by atoms with Crippen LogP contribution < -0.4 is 24.4 Å². The molecule has 0 bridgehead atoms. The van der Waals surface area contributed by atoms with Gasteiger partial charge in [0.1, 0.15) is 12.6 Å². The fraction of sp³-hybridized carbons (Fsp3) is 0.194. The normalized spacial score (nSPS) is 14.8. The number of allylic oxidation sites excluding steroid dienone is 1. The lowest BCUT2D eigenvalue weighted by molar-refractivity contribution is -0.139. The van der Waals surface area contributed by atoms with Crippen molar-refractivity contribution in [2.75, 3.05) is 13.7 Å². The second kappa shape index (κ2) is 13.3. The Kier molecular flexibility index (Phi) is 9.68. The largest absolute Gasteiger partial charge is 0.493 e. The summed E-state index contributed by atoms with van der Waals surface area (Å²) in [7, 11) is 1.53. The Bertz CT molecular complexity index is 1950. The van der Waals surface area contributed by atoms with Crippen molar-refractivity contribution in [3.8, 4) is 11.5 Å². The topological polar surface area (TPSA) is 79.1 Å². The van der Waals surface area contributed by atoms with Gasteiger partial charge in [0.05, 0.1) is 34.0 Å². The fourth-order valence-corrected chi connectivity index (χ4v) is 7.01. The summed E-state index contributed by atoms with van der Waals surface area (Å²) in [5, 5.41) is 1.45. The van der Waals surface area contributed by atoms with Gasteiger partial charge in [-0.25, -0.2) is 9.79 Å². The lowest BCUT2D eigenvalue weighted by atomic mass is 9.96. The number of hydrogen-bond acceptors (Lipinski definition) is 7. The van der Waals surface area contributed by atoms with Crippen molar-refractivity contribution in [1.82, 2.24) is 4.57 Å². The molecule has 1 aliphatic heterocycles. The summed E-state index contributed by atoms with van der Waals surface area (Å²) >= 11 is 23.7. The van der Waals surface area contributed by atoms with Gasteiger partial charge in [-0.05, 0) is 77.3 Å². The molecule has 4 aromatic rings. The molecular formula is C31H24BrCl3N2O5S. The minimum absolute atomic E-state index is 0.179. The van der Waals surface area contributed by atoms with Crippen LogP contribution in [0.3, 0.4) is 0 Å². The average molecular weight is 723 g/mol. The van der Waals surface area contributed by atoms with Crippen molar-refractivity contribution in [1.29, 1.82) is 0 Å². The molecule has 1 aromatic heterocycles. The Hall–Kier alpha value is -3.08. The van der Waals surface area contributed by atoms with E-state index in [1.807, 2.05) is 12.1 Å². The predicted molar refractivity (Wildman–Crippen MR) is 173 cm³/mol. The zero-order chi connectivity index (χ0) is 30.8. The van der Waals surface area contributed by atoms with E-state index in [1.54, 1.807) is 62.4 Å². The summed E-state index contributed by atoms with van der Waals surface area (Å²) in [6, 6.07) is 15.1. The van der Waals surface area contributed by atoms with E-state index in [1.165, 1.54) is 23.0 Å². The van der Waals surface area contributed by atoms with Crippen molar-refractivity contribution in [2.24, 2.45) is 4.99 Å². The Morgan fingerprint density at radius 1 is 1.12 bits per heavy atom. The Morgan fingerprint density at radius 3 is 2.58 bits per heavy atom. The number of nitrogens with zero attached hydrogens (tertiary/aromatic N) is 2. The minimum Gasteiger partial charge on any atom is -0.493 e. The molecule has 0 radical (unpaired) electrons. The molecule has 5 rings (SSSR count).